The van der Waals surface area contributed by atoms with Gasteiger partial charge in [-0.25, -0.2) is 0 Å². The Morgan fingerprint density at radius 1 is 1.16 bits per heavy atom. The van der Waals surface area contributed by atoms with Crippen LogP contribution < -0.4 is 16.4 Å². The molecule has 5 N–H and O–H groups in total. The summed E-state index contributed by atoms with van der Waals surface area (Å²) in [5, 5.41) is 17.0. The molecule has 1 aliphatic heterocycles. The van der Waals surface area contributed by atoms with Gasteiger partial charge in [-0.15, -0.1) is 0 Å². The Labute approximate surface area is 188 Å². The van der Waals surface area contributed by atoms with Gasteiger partial charge in [0.1, 0.15) is 0 Å². The topological polar surface area (TPSA) is 90.6 Å². The molecule has 0 unspecified atom stereocenters. The molecule has 6 nitrogen and oxygen atoms in total. The van der Waals surface area contributed by atoms with Crippen LogP contribution in [0.25, 0.3) is 0 Å². The number of amides is 1. The van der Waals surface area contributed by atoms with Gasteiger partial charge in [-0.3, -0.25) is 9.69 Å². The van der Waals surface area contributed by atoms with E-state index in [4.69, 9.17) is 5.73 Å². The highest BCUT2D eigenvalue weighted by Crippen LogP contribution is 2.31. The number of rotatable bonds is 7. The Hall–Kier alpha value is -1.79. The lowest BCUT2D eigenvalue weighted by atomic mass is 9.83. The van der Waals surface area contributed by atoms with Crippen molar-refractivity contribution in [2.45, 2.75) is 90.4 Å². The molecule has 1 heterocycles. The smallest absolute Gasteiger partial charge is 0.223 e. The average Bonchev–Trinajstić information content (AvgIpc) is 2.70. The van der Waals surface area contributed by atoms with Gasteiger partial charge < -0.3 is 21.5 Å². The molecule has 0 radical (unpaired) electrons. The van der Waals surface area contributed by atoms with Crippen molar-refractivity contribution in [1.29, 1.82) is 0 Å². The number of carbonyl (C=O) groups excluding carboxylic acids is 1. The number of nitrogens with one attached hydrogen (secondary N) is 2. The van der Waals surface area contributed by atoms with Crippen LogP contribution in [0, 0.1) is 11.8 Å². The predicted molar refractivity (Wildman–Crippen MR) is 128 cm³/mol. The molecular weight excluding hydrogens is 388 g/mol. The fourth-order valence-corrected chi connectivity index (χ4v) is 5.00. The van der Waals surface area contributed by atoms with E-state index in [0.717, 1.165) is 69.5 Å². The third-order valence-corrected chi connectivity index (χ3v) is 7.00. The van der Waals surface area contributed by atoms with Crippen molar-refractivity contribution in [3.8, 4) is 0 Å². The molecule has 0 spiro atoms. The van der Waals surface area contributed by atoms with Crippen molar-refractivity contribution >= 4 is 17.3 Å². The molecule has 1 aromatic carbocycles. The van der Waals surface area contributed by atoms with E-state index in [-0.39, 0.29) is 17.9 Å². The van der Waals surface area contributed by atoms with E-state index in [1.165, 1.54) is 5.56 Å². The van der Waals surface area contributed by atoms with Crippen LogP contribution in [-0.2, 0) is 11.3 Å². The molecule has 1 amide bonds. The normalized spacial score (nSPS) is 23.7. The summed E-state index contributed by atoms with van der Waals surface area (Å²) in [6, 6.07) is 6.88. The fraction of sp³-hybridized carbons (Fsp3) is 0.720. The van der Waals surface area contributed by atoms with Gasteiger partial charge in [0.25, 0.3) is 0 Å². The number of hydrogen-bond donors (Lipinski definition) is 4. The molecule has 0 aromatic heterocycles. The van der Waals surface area contributed by atoms with Gasteiger partial charge in [-0.05, 0) is 103 Å². The Kier molecular flexibility index (Phi) is 7.87. The van der Waals surface area contributed by atoms with Crippen molar-refractivity contribution in [3.63, 3.8) is 0 Å². The number of carbonyl (C=O) groups is 1. The van der Waals surface area contributed by atoms with Crippen molar-refractivity contribution < 1.29 is 9.90 Å². The monoisotopic (exact) mass is 430 g/mol. The number of nitrogens with two attached hydrogens (primary N) is 1. The fourth-order valence-electron chi connectivity index (χ4n) is 5.00. The number of nitrogens with zero attached hydrogens (tertiary/aromatic N) is 1. The molecule has 174 valence electrons. The number of anilines is 2. The summed E-state index contributed by atoms with van der Waals surface area (Å²) in [6.45, 7) is 10.8. The summed E-state index contributed by atoms with van der Waals surface area (Å²) >= 11 is 0. The summed E-state index contributed by atoms with van der Waals surface area (Å²) in [5.41, 5.74) is 8.75. The van der Waals surface area contributed by atoms with E-state index in [9.17, 15) is 9.90 Å². The van der Waals surface area contributed by atoms with E-state index >= 15 is 0 Å². The summed E-state index contributed by atoms with van der Waals surface area (Å²) < 4.78 is 0. The SMILES string of the molecule is CC(C)NC(=O)[C@H]1CC[C@@H](Nc2cc(CN3CCC(C(C)(C)O)CC3)ccc2N)CC1. The number of aliphatic hydroxyl groups is 1. The standard InChI is InChI=1S/C25H42N4O2/c1-17(2)27-24(30)19-6-8-21(9-7-19)28-23-15-18(5-10-22(23)26)16-29-13-11-20(12-14-29)25(3,4)31/h5,10,15,17,19-21,28,31H,6-9,11-14,16,26H2,1-4H3,(H,27,30)/t19-,21+. The second-order valence-corrected chi connectivity index (χ2v) is 10.5. The third kappa shape index (κ3) is 6.84. The largest absolute Gasteiger partial charge is 0.397 e. The van der Waals surface area contributed by atoms with Crippen molar-refractivity contribution in [3.05, 3.63) is 23.8 Å². The van der Waals surface area contributed by atoms with E-state index < -0.39 is 5.60 Å². The second-order valence-electron chi connectivity index (χ2n) is 10.5. The van der Waals surface area contributed by atoms with Gasteiger partial charge >= 0.3 is 0 Å². The highest BCUT2D eigenvalue weighted by Gasteiger charge is 2.30. The van der Waals surface area contributed by atoms with E-state index in [2.05, 4.69) is 27.7 Å². The van der Waals surface area contributed by atoms with Gasteiger partial charge in [-0.1, -0.05) is 6.07 Å². The lowest BCUT2D eigenvalue weighted by Gasteiger charge is -2.37. The molecule has 3 rings (SSSR count). The maximum atomic E-state index is 12.3. The van der Waals surface area contributed by atoms with E-state index in [1.54, 1.807) is 0 Å². The molecule has 1 aromatic rings. The number of nitrogen functional groups attached to an aromatic ring is 1. The van der Waals surface area contributed by atoms with Crippen molar-refractivity contribution in [2.24, 2.45) is 11.8 Å². The van der Waals surface area contributed by atoms with Gasteiger partial charge in [0.2, 0.25) is 5.91 Å². The van der Waals surface area contributed by atoms with Crippen LogP contribution in [0.4, 0.5) is 11.4 Å². The summed E-state index contributed by atoms with van der Waals surface area (Å²) in [5.74, 6) is 0.712. The Bertz CT molecular complexity index is 728. The van der Waals surface area contributed by atoms with Crippen LogP contribution >= 0.6 is 0 Å². The zero-order valence-electron chi connectivity index (χ0n) is 19.8. The molecule has 6 heteroatoms. The van der Waals surface area contributed by atoms with Gasteiger partial charge in [0.15, 0.2) is 0 Å². The van der Waals surface area contributed by atoms with Crippen molar-refractivity contribution in [2.75, 3.05) is 24.1 Å². The quantitative estimate of drug-likeness (QED) is 0.495. The Balaban J connectivity index is 1.51. The number of piperidine rings is 1. The van der Waals surface area contributed by atoms with Gasteiger partial charge in [0, 0.05) is 24.5 Å². The molecule has 0 atom stereocenters. The zero-order valence-corrected chi connectivity index (χ0v) is 19.8. The van der Waals surface area contributed by atoms with Crippen molar-refractivity contribution in [1.82, 2.24) is 10.2 Å². The summed E-state index contributed by atoms with van der Waals surface area (Å²) in [4.78, 5) is 14.7. The molecule has 1 saturated carbocycles. The minimum Gasteiger partial charge on any atom is -0.397 e. The average molecular weight is 431 g/mol. The number of benzene rings is 1. The first kappa shape index (κ1) is 23.9. The predicted octanol–water partition coefficient (Wildman–Crippen LogP) is 3.75. The summed E-state index contributed by atoms with van der Waals surface area (Å²) in [7, 11) is 0. The first-order chi connectivity index (χ1) is 14.6. The second kappa shape index (κ2) is 10.2. The zero-order chi connectivity index (χ0) is 22.6. The Morgan fingerprint density at radius 2 is 1.81 bits per heavy atom. The third-order valence-electron chi connectivity index (χ3n) is 7.00. The van der Waals surface area contributed by atoms with Crippen LogP contribution in [0.5, 0.6) is 0 Å². The van der Waals surface area contributed by atoms with Crippen LogP contribution in [-0.4, -0.2) is 46.7 Å². The van der Waals surface area contributed by atoms with Crippen LogP contribution in [0.15, 0.2) is 18.2 Å². The highest BCUT2D eigenvalue weighted by molar-refractivity contribution is 5.79. The first-order valence-corrected chi connectivity index (χ1v) is 12.0. The highest BCUT2D eigenvalue weighted by atomic mass is 16.3. The first-order valence-electron chi connectivity index (χ1n) is 12.0. The van der Waals surface area contributed by atoms with Crippen LogP contribution in [0.1, 0.15) is 71.8 Å². The molecular formula is C25H42N4O2. The maximum Gasteiger partial charge on any atom is 0.223 e. The lowest BCUT2D eigenvalue weighted by molar-refractivity contribution is -0.126. The van der Waals surface area contributed by atoms with E-state index in [0.29, 0.717) is 12.0 Å². The molecule has 2 fully saturated rings. The minimum atomic E-state index is -0.584. The van der Waals surface area contributed by atoms with Gasteiger partial charge in [0.05, 0.1) is 17.0 Å². The van der Waals surface area contributed by atoms with E-state index in [1.807, 2.05) is 33.8 Å². The molecule has 1 aliphatic carbocycles. The molecule has 31 heavy (non-hydrogen) atoms. The minimum absolute atomic E-state index is 0.135. The summed E-state index contributed by atoms with van der Waals surface area (Å²) in [6.07, 6.45) is 5.90. The molecule has 2 aliphatic rings. The maximum absolute atomic E-state index is 12.3. The van der Waals surface area contributed by atoms with Gasteiger partial charge in [-0.2, -0.15) is 0 Å². The number of likely N-dealkylation sites (tertiary alicyclic amines) is 1. The molecule has 1 saturated heterocycles. The lowest BCUT2D eigenvalue weighted by Crippen LogP contribution is -2.41. The number of hydrogen-bond acceptors (Lipinski definition) is 5. The van der Waals surface area contributed by atoms with Crippen LogP contribution in [0.2, 0.25) is 0 Å². The van der Waals surface area contributed by atoms with Crippen LogP contribution in [0.3, 0.4) is 0 Å². The Morgan fingerprint density at radius 3 is 2.39 bits per heavy atom. The molecule has 0 bridgehead atoms.